The quantitative estimate of drug-likeness (QED) is 0.643. The molecule has 3 aromatic rings. The fourth-order valence-electron chi connectivity index (χ4n) is 2.31. The van der Waals surface area contributed by atoms with Gasteiger partial charge in [-0.15, -0.1) is 0 Å². The van der Waals surface area contributed by atoms with E-state index in [0.29, 0.717) is 16.7 Å². The Morgan fingerprint density at radius 3 is 2.36 bits per heavy atom. The first kappa shape index (κ1) is 14.6. The third-order valence-electron chi connectivity index (χ3n) is 3.37. The number of hydrogen-bond acceptors (Lipinski definition) is 2. The van der Waals surface area contributed by atoms with E-state index in [0.717, 1.165) is 12.1 Å². The van der Waals surface area contributed by atoms with Crippen LogP contribution < -0.4 is 5.69 Å². The fraction of sp³-hybridized carbons (Fsp3) is 0.143. The van der Waals surface area contributed by atoms with Gasteiger partial charge in [0.15, 0.2) is 5.15 Å². The number of nitrogens with zero attached hydrogens (tertiary/aromatic N) is 3. The zero-order valence-electron chi connectivity index (χ0n) is 11.2. The minimum absolute atomic E-state index is 0.155. The van der Waals surface area contributed by atoms with Crippen molar-refractivity contribution in [2.24, 2.45) is 7.05 Å². The van der Waals surface area contributed by atoms with Crippen LogP contribution in [-0.2, 0) is 13.2 Å². The minimum atomic E-state index is -4.42. The van der Waals surface area contributed by atoms with Crippen LogP contribution in [0.4, 0.5) is 13.2 Å². The Morgan fingerprint density at radius 1 is 1.14 bits per heavy atom. The fourth-order valence-corrected chi connectivity index (χ4v) is 2.59. The smallest absolute Gasteiger partial charge is 0.292 e. The lowest BCUT2D eigenvalue weighted by molar-refractivity contribution is -0.137. The second-order valence-corrected chi connectivity index (χ2v) is 5.05. The summed E-state index contributed by atoms with van der Waals surface area (Å²) in [4.78, 5) is 16.2. The molecule has 0 radical (unpaired) electrons. The lowest BCUT2D eigenvalue weighted by atomic mass is 10.2. The molecule has 0 unspecified atom stereocenters. The molecule has 0 N–H and O–H groups in total. The molecule has 0 amide bonds. The van der Waals surface area contributed by atoms with Crippen molar-refractivity contribution >= 4 is 22.6 Å². The predicted molar refractivity (Wildman–Crippen MR) is 76.3 cm³/mol. The Labute approximate surface area is 127 Å². The number of pyridine rings is 1. The number of rotatable bonds is 1. The summed E-state index contributed by atoms with van der Waals surface area (Å²) >= 11 is 5.99. The Balaban J connectivity index is 2.25. The van der Waals surface area contributed by atoms with Gasteiger partial charge in [-0.05, 0) is 30.3 Å². The van der Waals surface area contributed by atoms with Gasteiger partial charge in [-0.25, -0.2) is 9.78 Å². The van der Waals surface area contributed by atoms with Crippen LogP contribution in [0.1, 0.15) is 5.56 Å². The van der Waals surface area contributed by atoms with Gasteiger partial charge in [-0.1, -0.05) is 11.6 Å². The summed E-state index contributed by atoms with van der Waals surface area (Å²) in [7, 11) is 1.53. The Kier molecular flexibility index (Phi) is 3.25. The largest absolute Gasteiger partial charge is 0.416 e. The summed E-state index contributed by atoms with van der Waals surface area (Å²) in [6.45, 7) is 0. The first-order valence-electron chi connectivity index (χ1n) is 6.20. The average Bonchev–Trinajstić information content (AvgIpc) is 2.71. The molecule has 0 aliphatic heterocycles. The molecular weight excluding hydrogens is 319 g/mol. The molecule has 0 bridgehead atoms. The SMILES string of the molecule is Cn1c(=O)n(-c2ccc(C(F)(F)F)cc2)c2ccnc(Cl)c21. The first-order chi connectivity index (χ1) is 10.3. The Bertz CT molecular complexity index is 910. The first-order valence-corrected chi connectivity index (χ1v) is 6.58. The highest BCUT2D eigenvalue weighted by Gasteiger charge is 2.30. The van der Waals surface area contributed by atoms with E-state index in [4.69, 9.17) is 11.6 Å². The number of benzene rings is 1. The summed E-state index contributed by atoms with van der Waals surface area (Å²) in [5, 5.41) is 0.155. The van der Waals surface area contributed by atoms with Crippen molar-refractivity contribution in [1.29, 1.82) is 0 Å². The Hall–Kier alpha value is -2.28. The molecule has 0 spiro atoms. The molecule has 0 aliphatic rings. The van der Waals surface area contributed by atoms with Gasteiger partial charge < -0.3 is 0 Å². The summed E-state index contributed by atoms with van der Waals surface area (Å²) < 4.78 is 40.4. The molecule has 0 atom stereocenters. The molecular formula is C14H9ClF3N3O. The van der Waals surface area contributed by atoms with Gasteiger partial charge in [0.1, 0.15) is 5.52 Å². The van der Waals surface area contributed by atoms with Gasteiger partial charge in [0, 0.05) is 13.2 Å². The van der Waals surface area contributed by atoms with Gasteiger partial charge in [0.25, 0.3) is 0 Å². The van der Waals surface area contributed by atoms with E-state index < -0.39 is 17.4 Å². The highest BCUT2D eigenvalue weighted by molar-refractivity contribution is 6.33. The number of fused-ring (bicyclic) bond motifs is 1. The van der Waals surface area contributed by atoms with Crippen LogP contribution in [-0.4, -0.2) is 14.1 Å². The second kappa shape index (κ2) is 4.88. The average molecular weight is 328 g/mol. The highest BCUT2D eigenvalue weighted by atomic mass is 35.5. The molecule has 0 saturated heterocycles. The van der Waals surface area contributed by atoms with Crippen molar-refractivity contribution in [3.8, 4) is 5.69 Å². The third-order valence-corrected chi connectivity index (χ3v) is 3.64. The van der Waals surface area contributed by atoms with Crippen molar-refractivity contribution in [1.82, 2.24) is 14.1 Å². The minimum Gasteiger partial charge on any atom is -0.292 e. The monoisotopic (exact) mass is 327 g/mol. The van der Waals surface area contributed by atoms with Crippen LogP contribution in [0.3, 0.4) is 0 Å². The summed E-state index contributed by atoms with van der Waals surface area (Å²) in [6, 6.07) is 5.95. The molecule has 1 aromatic carbocycles. The lowest BCUT2D eigenvalue weighted by Gasteiger charge is -2.08. The highest BCUT2D eigenvalue weighted by Crippen LogP contribution is 2.30. The van der Waals surface area contributed by atoms with Gasteiger partial charge in [0.2, 0.25) is 0 Å². The van der Waals surface area contributed by atoms with Crippen LogP contribution in [0.5, 0.6) is 0 Å². The topological polar surface area (TPSA) is 39.8 Å². The van der Waals surface area contributed by atoms with Gasteiger partial charge in [0.05, 0.1) is 16.8 Å². The molecule has 22 heavy (non-hydrogen) atoms. The number of imidazole rings is 1. The molecule has 2 aromatic heterocycles. The Morgan fingerprint density at radius 2 is 1.77 bits per heavy atom. The molecule has 8 heteroatoms. The van der Waals surface area contributed by atoms with Crippen molar-refractivity contribution in [2.45, 2.75) is 6.18 Å². The van der Waals surface area contributed by atoms with E-state index in [9.17, 15) is 18.0 Å². The van der Waals surface area contributed by atoms with Crippen LogP contribution in [0.15, 0.2) is 41.3 Å². The standard InChI is InChI=1S/C14H9ClF3N3O/c1-20-11-10(6-7-19-12(11)15)21(13(20)22)9-4-2-8(3-5-9)14(16,17)18/h2-7H,1H3. The zero-order valence-corrected chi connectivity index (χ0v) is 12.0. The summed E-state index contributed by atoms with van der Waals surface area (Å²) in [5.41, 5.74) is 0.0427. The van der Waals surface area contributed by atoms with Crippen LogP contribution in [0.2, 0.25) is 5.15 Å². The maximum atomic E-state index is 12.6. The number of aryl methyl sites for hydroxylation is 1. The van der Waals surface area contributed by atoms with Crippen LogP contribution in [0.25, 0.3) is 16.7 Å². The van der Waals surface area contributed by atoms with E-state index >= 15 is 0 Å². The predicted octanol–water partition coefficient (Wildman–Crippen LogP) is 3.40. The molecule has 3 rings (SSSR count). The van der Waals surface area contributed by atoms with Crippen molar-refractivity contribution in [2.75, 3.05) is 0 Å². The normalized spacial score (nSPS) is 12.0. The number of aromatic nitrogens is 3. The number of halogens is 4. The number of hydrogen-bond donors (Lipinski definition) is 0. The maximum absolute atomic E-state index is 12.6. The molecule has 0 aliphatic carbocycles. The van der Waals surface area contributed by atoms with E-state index in [1.165, 1.54) is 34.5 Å². The third kappa shape index (κ3) is 2.18. The lowest BCUT2D eigenvalue weighted by Crippen LogP contribution is -2.21. The zero-order chi connectivity index (χ0) is 16.1. The molecule has 4 nitrogen and oxygen atoms in total. The van der Waals surface area contributed by atoms with Crippen molar-refractivity contribution in [3.63, 3.8) is 0 Å². The number of alkyl halides is 3. The molecule has 2 heterocycles. The van der Waals surface area contributed by atoms with E-state index in [2.05, 4.69) is 4.98 Å². The summed E-state index contributed by atoms with van der Waals surface area (Å²) in [5.74, 6) is 0. The summed E-state index contributed by atoms with van der Waals surface area (Å²) in [6.07, 6.45) is -2.99. The van der Waals surface area contributed by atoms with Crippen molar-refractivity contribution in [3.05, 3.63) is 57.7 Å². The maximum Gasteiger partial charge on any atom is 0.416 e. The van der Waals surface area contributed by atoms with Gasteiger partial charge in [-0.3, -0.25) is 9.13 Å². The van der Waals surface area contributed by atoms with E-state index in [1.807, 2.05) is 0 Å². The van der Waals surface area contributed by atoms with Gasteiger partial charge >= 0.3 is 11.9 Å². The van der Waals surface area contributed by atoms with Crippen LogP contribution in [0, 0.1) is 0 Å². The molecule has 0 fully saturated rings. The van der Waals surface area contributed by atoms with Crippen LogP contribution >= 0.6 is 11.6 Å². The molecule has 0 saturated carbocycles. The van der Waals surface area contributed by atoms with E-state index in [-0.39, 0.29) is 5.15 Å². The van der Waals surface area contributed by atoms with Gasteiger partial charge in [-0.2, -0.15) is 13.2 Å². The molecule has 114 valence electrons. The van der Waals surface area contributed by atoms with E-state index in [1.54, 1.807) is 6.07 Å². The second-order valence-electron chi connectivity index (χ2n) is 4.69. The van der Waals surface area contributed by atoms with Crippen molar-refractivity contribution < 1.29 is 13.2 Å².